The van der Waals surface area contributed by atoms with E-state index in [0.717, 1.165) is 27.7 Å². The summed E-state index contributed by atoms with van der Waals surface area (Å²) in [6.45, 7) is 0.135. The number of carbonyl (C=O) groups excluding carboxylic acids is 3. The van der Waals surface area contributed by atoms with Crippen molar-refractivity contribution in [2.24, 2.45) is 0 Å². The molecule has 2 N–H and O–H groups in total. The largest absolute Gasteiger partial charge is 0.469 e. The predicted octanol–water partition coefficient (Wildman–Crippen LogP) is 1.80. The molecule has 2 aromatic carbocycles. The zero-order valence-corrected chi connectivity index (χ0v) is 17.8. The fourth-order valence-electron chi connectivity index (χ4n) is 5.09. The zero-order valence-electron chi connectivity index (χ0n) is 17.8. The van der Waals surface area contributed by atoms with Crippen LogP contribution in [0, 0.1) is 0 Å². The minimum atomic E-state index is -0.983. The Kier molecular flexibility index (Phi) is 4.33. The molecule has 0 saturated carbocycles. The van der Waals surface area contributed by atoms with Crippen LogP contribution in [0.25, 0.3) is 10.9 Å². The third-order valence-electron chi connectivity index (χ3n) is 6.61. The molecule has 1 saturated heterocycles. The summed E-state index contributed by atoms with van der Waals surface area (Å²) in [6, 6.07) is 11.2. The number of aromatic nitrogens is 1. The second-order valence-corrected chi connectivity index (χ2v) is 8.38. The number of para-hydroxylation sites is 1. The highest BCUT2D eigenvalue weighted by atomic mass is 16.7. The van der Waals surface area contributed by atoms with Crippen molar-refractivity contribution < 1.29 is 28.6 Å². The molecule has 6 rings (SSSR count). The molecule has 3 aliphatic heterocycles. The summed E-state index contributed by atoms with van der Waals surface area (Å²) in [6.07, 6.45) is 0.153. The molecule has 0 radical (unpaired) electrons. The molecule has 3 aromatic rings. The van der Waals surface area contributed by atoms with Gasteiger partial charge in [-0.05, 0) is 29.3 Å². The van der Waals surface area contributed by atoms with Gasteiger partial charge in [0.05, 0.1) is 19.6 Å². The average Bonchev–Trinajstić information content (AvgIpc) is 3.44. The van der Waals surface area contributed by atoms with Crippen molar-refractivity contribution in [1.29, 1.82) is 0 Å². The molecule has 3 atom stereocenters. The molecule has 0 bridgehead atoms. The van der Waals surface area contributed by atoms with Gasteiger partial charge in [0.1, 0.15) is 12.1 Å². The van der Waals surface area contributed by atoms with E-state index in [4.69, 9.17) is 14.2 Å². The molecule has 4 heterocycles. The third kappa shape index (κ3) is 2.95. The van der Waals surface area contributed by atoms with Crippen molar-refractivity contribution in [3.05, 3.63) is 59.3 Å². The van der Waals surface area contributed by atoms with Gasteiger partial charge in [-0.3, -0.25) is 14.4 Å². The van der Waals surface area contributed by atoms with Crippen LogP contribution in [0.1, 0.15) is 29.3 Å². The van der Waals surface area contributed by atoms with E-state index in [1.807, 2.05) is 42.5 Å². The quantitative estimate of drug-likeness (QED) is 0.593. The van der Waals surface area contributed by atoms with E-state index >= 15 is 0 Å². The first-order valence-electron chi connectivity index (χ1n) is 10.7. The number of amides is 2. The van der Waals surface area contributed by atoms with E-state index in [2.05, 4.69) is 10.3 Å². The number of nitrogens with zero attached hydrogens (tertiary/aromatic N) is 1. The summed E-state index contributed by atoms with van der Waals surface area (Å²) < 4.78 is 15.8. The van der Waals surface area contributed by atoms with Crippen molar-refractivity contribution in [2.45, 2.75) is 31.0 Å². The van der Waals surface area contributed by atoms with Crippen LogP contribution >= 0.6 is 0 Å². The number of fused-ring (bicyclic) bond motifs is 5. The van der Waals surface area contributed by atoms with E-state index in [-0.39, 0.29) is 25.0 Å². The summed E-state index contributed by atoms with van der Waals surface area (Å²) in [5, 5.41) is 3.75. The molecular weight excluding hydrogens is 426 g/mol. The number of ether oxygens (including phenoxy) is 3. The number of benzene rings is 2. The molecule has 168 valence electrons. The molecular formula is C24H21N3O6. The van der Waals surface area contributed by atoms with Crippen molar-refractivity contribution in [3.63, 3.8) is 0 Å². The van der Waals surface area contributed by atoms with Crippen LogP contribution in [-0.4, -0.2) is 53.7 Å². The first-order valence-corrected chi connectivity index (χ1v) is 10.7. The monoisotopic (exact) mass is 447 g/mol. The molecule has 33 heavy (non-hydrogen) atoms. The molecule has 0 aliphatic carbocycles. The van der Waals surface area contributed by atoms with Gasteiger partial charge in [0.25, 0.3) is 0 Å². The molecule has 9 heteroatoms. The van der Waals surface area contributed by atoms with E-state index in [0.29, 0.717) is 17.9 Å². The second-order valence-electron chi connectivity index (χ2n) is 8.38. The van der Waals surface area contributed by atoms with Crippen LogP contribution in [0.15, 0.2) is 42.5 Å². The van der Waals surface area contributed by atoms with E-state index < -0.39 is 24.1 Å². The summed E-state index contributed by atoms with van der Waals surface area (Å²) in [4.78, 5) is 43.8. The van der Waals surface area contributed by atoms with Gasteiger partial charge in [0.15, 0.2) is 11.5 Å². The Morgan fingerprint density at radius 2 is 1.97 bits per heavy atom. The second kappa shape index (κ2) is 7.26. The number of H-pyrrole nitrogens is 1. The molecule has 0 spiro atoms. The van der Waals surface area contributed by atoms with Crippen LogP contribution in [-0.2, 0) is 25.5 Å². The molecule has 1 fully saturated rings. The number of nitrogens with one attached hydrogen (secondary N) is 2. The molecule has 3 aliphatic rings. The minimum Gasteiger partial charge on any atom is -0.469 e. The summed E-state index contributed by atoms with van der Waals surface area (Å²) in [5.41, 5.74) is 3.58. The average molecular weight is 447 g/mol. The van der Waals surface area contributed by atoms with Gasteiger partial charge in [0.2, 0.25) is 18.6 Å². The summed E-state index contributed by atoms with van der Waals surface area (Å²) in [7, 11) is 1.26. The Hall–Kier alpha value is -4.01. The number of carbonyl (C=O) groups is 3. The lowest BCUT2D eigenvalue weighted by Crippen LogP contribution is -2.66. The number of hydrogen-bond acceptors (Lipinski definition) is 6. The van der Waals surface area contributed by atoms with Gasteiger partial charge in [-0.15, -0.1) is 0 Å². The van der Waals surface area contributed by atoms with Crippen molar-refractivity contribution in [3.8, 4) is 11.5 Å². The summed E-state index contributed by atoms with van der Waals surface area (Å²) in [5.74, 6) is 0.0544. The Labute approximate surface area is 188 Å². The Bertz CT molecular complexity index is 1310. The van der Waals surface area contributed by atoms with Gasteiger partial charge < -0.3 is 29.4 Å². The number of rotatable bonds is 3. The smallest absolute Gasteiger partial charge is 0.308 e. The fourth-order valence-corrected chi connectivity index (χ4v) is 5.09. The van der Waals surface area contributed by atoms with Crippen molar-refractivity contribution >= 4 is 28.7 Å². The van der Waals surface area contributed by atoms with Crippen molar-refractivity contribution in [1.82, 2.24) is 15.2 Å². The SMILES string of the molecule is COC(=O)C[C@@H]1NC(=O)[C@H]2Cc3c([nH]c4ccccc34)[C@@H](c3ccc4c(c3)OCO4)N2C1=O. The van der Waals surface area contributed by atoms with Crippen molar-refractivity contribution in [2.75, 3.05) is 13.9 Å². The van der Waals surface area contributed by atoms with Gasteiger partial charge in [-0.2, -0.15) is 0 Å². The molecule has 2 amide bonds. The normalized spacial score (nSPS) is 23.2. The highest BCUT2D eigenvalue weighted by Gasteiger charge is 2.49. The van der Waals surface area contributed by atoms with Crippen LogP contribution in [0.3, 0.4) is 0 Å². The van der Waals surface area contributed by atoms with Gasteiger partial charge >= 0.3 is 5.97 Å². The lowest BCUT2D eigenvalue weighted by Gasteiger charge is -2.46. The predicted molar refractivity (Wildman–Crippen MR) is 116 cm³/mol. The third-order valence-corrected chi connectivity index (χ3v) is 6.61. The lowest BCUT2D eigenvalue weighted by atomic mass is 9.85. The van der Waals surface area contributed by atoms with E-state index in [1.54, 1.807) is 4.90 Å². The number of hydrogen-bond donors (Lipinski definition) is 2. The minimum absolute atomic E-state index is 0.135. The maximum atomic E-state index is 13.6. The lowest BCUT2D eigenvalue weighted by molar-refractivity contribution is -0.155. The van der Waals surface area contributed by atoms with Gasteiger partial charge in [-0.25, -0.2) is 0 Å². The first-order chi connectivity index (χ1) is 16.0. The highest BCUT2D eigenvalue weighted by molar-refractivity contribution is 6.00. The van der Waals surface area contributed by atoms with Gasteiger partial charge in [0, 0.05) is 23.0 Å². The number of esters is 1. The standard InChI is InChI=1S/C24H21N3O6/c1-31-20(28)10-16-24(30)27-17(23(29)26-16)9-14-13-4-2-3-5-15(13)25-21(14)22(27)12-6-7-18-19(8-12)33-11-32-18/h2-8,16-17,22,25H,9-11H2,1H3,(H,26,29)/t16-,17+,22+/m0/s1. The Morgan fingerprint density at radius 3 is 2.82 bits per heavy atom. The fraction of sp³-hybridized carbons (Fsp3) is 0.292. The van der Waals surface area contributed by atoms with E-state index in [9.17, 15) is 14.4 Å². The van der Waals surface area contributed by atoms with Crippen LogP contribution in [0.5, 0.6) is 11.5 Å². The van der Waals surface area contributed by atoms with E-state index in [1.165, 1.54) is 7.11 Å². The molecule has 0 unspecified atom stereocenters. The highest BCUT2D eigenvalue weighted by Crippen LogP contribution is 2.44. The Morgan fingerprint density at radius 1 is 1.15 bits per heavy atom. The first kappa shape index (κ1) is 19.7. The van der Waals surface area contributed by atoms with Crippen LogP contribution in [0.4, 0.5) is 0 Å². The van der Waals surface area contributed by atoms with Crippen LogP contribution < -0.4 is 14.8 Å². The molecule has 1 aromatic heterocycles. The Balaban J connectivity index is 1.52. The summed E-state index contributed by atoms with van der Waals surface area (Å²) >= 11 is 0. The maximum Gasteiger partial charge on any atom is 0.308 e. The van der Waals surface area contributed by atoms with Gasteiger partial charge in [-0.1, -0.05) is 24.3 Å². The number of aromatic amines is 1. The van der Waals surface area contributed by atoms with Crippen LogP contribution in [0.2, 0.25) is 0 Å². The number of methoxy groups -OCH3 is 1. The maximum absolute atomic E-state index is 13.6. The zero-order chi connectivity index (χ0) is 22.7. The molecule has 9 nitrogen and oxygen atoms in total. The number of piperazine rings is 1. The topological polar surface area (TPSA) is 110 Å².